The first kappa shape index (κ1) is 9.85. The summed E-state index contributed by atoms with van der Waals surface area (Å²) >= 11 is 0. The van der Waals surface area contributed by atoms with Crippen molar-refractivity contribution in [1.29, 1.82) is 0 Å². The van der Waals surface area contributed by atoms with E-state index in [1.165, 1.54) is 6.33 Å². The van der Waals surface area contributed by atoms with Crippen LogP contribution in [0.1, 0.15) is 5.69 Å². The number of anilines is 1. The second-order valence-corrected chi connectivity index (χ2v) is 2.65. The number of aromatic nitrogens is 2. The number of nitrogens with zero attached hydrogens (tertiary/aromatic N) is 2. The summed E-state index contributed by atoms with van der Waals surface area (Å²) in [6.45, 7) is 3.02. The third kappa shape index (κ3) is 2.62. The van der Waals surface area contributed by atoms with E-state index in [-0.39, 0.29) is 11.6 Å². The fourth-order valence-electron chi connectivity index (χ4n) is 0.887. The first-order valence-electron chi connectivity index (χ1n) is 4.11. The summed E-state index contributed by atoms with van der Waals surface area (Å²) in [5.74, 6) is -0.110. The van der Waals surface area contributed by atoms with E-state index in [2.05, 4.69) is 20.6 Å². The molecule has 0 radical (unpaired) electrons. The highest BCUT2D eigenvalue weighted by Crippen LogP contribution is 2.10. The Hall–Kier alpha value is -1.23. The van der Waals surface area contributed by atoms with Crippen molar-refractivity contribution in [3.63, 3.8) is 0 Å². The maximum Gasteiger partial charge on any atom is 0.186 e. The van der Waals surface area contributed by atoms with Crippen molar-refractivity contribution < 1.29 is 4.39 Å². The maximum absolute atomic E-state index is 13.2. The number of halogens is 1. The van der Waals surface area contributed by atoms with Crippen LogP contribution in [0, 0.1) is 12.7 Å². The van der Waals surface area contributed by atoms with Gasteiger partial charge in [0.25, 0.3) is 0 Å². The second-order valence-electron chi connectivity index (χ2n) is 2.65. The Morgan fingerprint density at radius 1 is 1.38 bits per heavy atom. The zero-order chi connectivity index (χ0) is 9.68. The van der Waals surface area contributed by atoms with E-state index in [0.717, 1.165) is 6.54 Å². The lowest BCUT2D eigenvalue weighted by atomic mass is 10.4. The predicted octanol–water partition coefficient (Wildman–Crippen LogP) is 0.555. The molecule has 0 aromatic carbocycles. The maximum atomic E-state index is 13.2. The van der Waals surface area contributed by atoms with Crippen LogP contribution >= 0.6 is 0 Å². The number of hydrogen-bond donors (Lipinski definition) is 2. The van der Waals surface area contributed by atoms with Gasteiger partial charge < -0.3 is 10.6 Å². The van der Waals surface area contributed by atoms with Crippen molar-refractivity contribution in [1.82, 2.24) is 15.3 Å². The fraction of sp³-hybridized carbons (Fsp3) is 0.500. The normalized spacial score (nSPS) is 10.1. The van der Waals surface area contributed by atoms with Gasteiger partial charge in [-0.05, 0) is 14.0 Å². The van der Waals surface area contributed by atoms with Gasteiger partial charge in [0, 0.05) is 13.1 Å². The number of hydrogen-bond acceptors (Lipinski definition) is 4. The van der Waals surface area contributed by atoms with Crippen LogP contribution in [0.15, 0.2) is 6.33 Å². The molecule has 0 aliphatic carbocycles. The van der Waals surface area contributed by atoms with Crippen LogP contribution in [0.5, 0.6) is 0 Å². The highest BCUT2D eigenvalue weighted by atomic mass is 19.1. The monoisotopic (exact) mass is 184 g/mol. The van der Waals surface area contributed by atoms with E-state index in [9.17, 15) is 4.39 Å². The van der Waals surface area contributed by atoms with Gasteiger partial charge in [-0.2, -0.15) is 0 Å². The van der Waals surface area contributed by atoms with Crippen LogP contribution in [0.25, 0.3) is 0 Å². The van der Waals surface area contributed by atoms with Gasteiger partial charge in [0.15, 0.2) is 11.6 Å². The summed E-state index contributed by atoms with van der Waals surface area (Å²) in [7, 11) is 1.84. The molecule has 0 spiro atoms. The SMILES string of the molecule is CNCCNc1ncnc(C)c1F. The molecule has 1 rings (SSSR count). The van der Waals surface area contributed by atoms with E-state index in [0.29, 0.717) is 12.2 Å². The van der Waals surface area contributed by atoms with E-state index >= 15 is 0 Å². The Balaban J connectivity index is 2.61. The average Bonchev–Trinajstić information content (AvgIpc) is 2.13. The number of likely N-dealkylation sites (N-methyl/N-ethyl adjacent to an activating group) is 1. The molecule has 1 aromatic heterocycles. The number of aryl methyl sites for hydroxylation is 1. The molecule has 5 heteroatoms. The Morgan fingerprint density at radius 3 is 2.85 bits per heavy atom. The van der Waals surface area contributed by atoms with E-state index in [1.54, 1.807) is 6.92 Å². The largest absolute Gasteiger partial charge is 0.366 e. The van der Waals surface area contributed by atoms with Gasteiger partial charge >= 0.3 is 0 Å². The van der Waals surface area contributed by atoms with Crippen LogP contribution < -0.4 is 10.6 Å². The minimum Gasteiger partial charge on any atom is -0.366 e. The quantitative estimate of drug-likeness (QED) is 0.671. The first-order chi connectivity index (χ1) is 6.25. The topological polar surface area (TPSA) is 49.8 Å². The van der Waals surface area contributed by atoms with Crippen molar-refractivity contribution >= 4 is 5.82 Å². The van der Waals surface area contributed by atoms with Gasteiger partial charge in [-0.3, -0.25) is 0 Å². The lowest BCUT2D eigenvalue weighted by Gasteiger charge is -2.06. The van der Waals surface area contributed by atoms with Gasteiger partial charge in [0.05, 0.1) is 5.69 Å². The number of rotatable bonds is 4. The molecule has 0 fully saturated rings. The molecule has 13 heavy (non-hydrogen) atoms. The first-order valence-corrected chi connectivity index (χ1v) is 4.11. The minimum absolute atomic E-state index is 0.266. The second kappa shape index (κ2) is 4.71. The van der Waals surface area contributed by atoms with Crippen molar-refractivity contribution in [2.75, 3.05) is 25.5 Å². The van der Waals surface area contributed by atoms with Gasteiger partial charge in [0.1, 0.15) is 6.33 Å². The summed E-state index contributed by atoms with van der Waals surface area (Å²) < 4.78 is 13.2. The third-order valence-corrected chi connectivity index (χ3v) is 1.63. The van der Waals surface area contributed by atoms with Crippen molar-refractivity contribution in [3.05, 3.63) is 17.8 Å². The highest BCUT2D eigenvalue weighted by Gasteiger charge is 2.05. The summed E-state index contributed by atoms with van der Waals surface area (Å²) in [6.07, 6.45) is 1.35. The molecule has 2 N–H and O–H groups in total. The molecule has 0 aliphatic heterocycles. The molecule has 0 unspecified atom stereocenters. The van der Waals surface area contributed by atoms with Gasteiger partial charge in [0.2, 0.25) is 0 Å². The third-order valence-electron chi connectivity index (χ3n) is 1.63. The molecule has 0 amide bonds. The standard InChI is InChI=1S/C8H13FN4/c1-6-7(9)8(13-5-12-6)11-4-3-10-2/h5,10H,3-4H2,1-2H3,(H,11,12,13). The van der Waals surface area contributed by atoms with Gasteiger partial charge in [-0.15, -0.1) is 0 Å². The van der Waals surface area contributed by atoms with Crippen LogP contribution in [0.2, 0.25) is 0 Å². The molecule has 0 bridgehead atoms. The highest BCUT2D eigenvalue weighted by molar-refractivity contribution is 5.36. The number of nitrogens with one attached hydrogen (secondary N) is 2. The zero-order valence-electron chi connectivity index (χ0n) is 7.76. The lowest BCUT2D eigenvalue weighted by Crippen LogP contribution is -2.19. The minimum atomic E-state index is -0.376. The Morgan fingerprint density at radius 2 is 2.15 bits per heavy atom. The van der Waals surface area contributed by atoms with Crippen LogP contribution in [-0.4, -0.2) is 30.1 Å². The molecule has 0 saturated carbocycles. The Labute approximate surface area is 76.6 Å². The molecular weight excluding hydrogens is 171 g/mol. The average molecular weight is 184 g/mol. The predicted molar refractivity (Wildman–Crippen MR) is 49.1 cm³/mol. The fourth-order valence-corrected chi connectivity index (χ4v) is 0.887. The van der Waals surface area contributed by atoms with Crippen molar-refractivity contribution in [2.24, 2.45) is 0 Å². The van der Waals surface area contributed by atoms with E-state index in [1.807, 2.05) is 7.05 Å². The Kier molecular flexibility index (Phi) is 3.57. The summed E-state index contributed by atoms with van der Waals surface area (Å²) in [5, 5.41) is 5.81. The lowest BCUT2D eigenvalue weighted by molar-refractivity contribution is 0.604. The molecule has 0 saturated heterocycles. The van der Waals surface area contributed by atoms with Gasteiger partial charge in [-0.25, -0.2) is 14.4 Å². The van der Waals surface area contributed by atoms with Crippen molar-refractivity contribution in [2.45, 2.75) is 6.92 Å². The smallest absolute Gasteiger partial charge is 0.186 e. The zero-order valence-corrected chi connectivity index (χ0v) is 7.76. The summed E-state index contributed by atoms with van der Waals surface area (Å²) in [6, 6.07) is 0. The van der Waals surface area contributed by atoms with Gasteiger partial charge in [-0.1, -0.05) is 0 Å². The van der Waals surface area contributed by atoms with Crippen molar-refractivity contribution in [3.8, 4) is 0 Å². The van der Waals surface area contributed by atoms with Crippen LogP contribution in [-0.2, 0) is 0 Å². The molecule has 72 valence electrons. The Bertz CT molecular complexity index is 277. The molecule has 0 atom stereocenters. The summed E-state index contributed by atoms with van der Waals surface area (Å²) in [4.78, 5) is 7.51. The summed E-state index contributed by atoms with van der Waals surface area (Å²) in [5.41, 5.74) is 0.363. The van der Waals surface area contributed by atoms with E-state index in [4.69, 9.17) is 0 Å². The molecule has 1 heterocycles. The molecule has 1 aromatic rings. The molecule has 4 nitrogen and oxygen atoms in total. The van der Waals surface area contributed by atoms with Crippen LogP contribution in [0.4, 0.5) is 10.2 Å². The molecular formula is C8H13FN4. The van der Waals surface area contributed by atoms with E-state index < -0.39 is 0 Å². The molecule has 0 aliphatic rings. The van der Waals surface area contributed by atoms with Crippen LogP contribution in [0.3, 0.4) is 0 Å².